The number of hydrogen-bond donors (Lipinski definition) is 0. The molecular formula is C19H5F15. The van der Waals surface area contributed by atoms with Gasteiger partial charge in [0, 0.05) is 0 Å². The van der Waals surface area contributed by atoms with E-state index in [-0.39, 0.29) is 6.07 Å². The molecule has 0 aliphatic heterocycles. The van der Waals surface area contributed by atoms with Gasteiger partial charge in [-0.25, -0.2) is 0 Å². The quantitative estimate of drug-likeness (QED) is 0.206. The Morgan fingerprint density at radius 2 is 0.647 bits per heavy atom. The van der Waals surface area contributed by atoms with Gasteiger partial charge >= 0.3 is 30.9 Å². The number of fused-ring (bicyclic) bond motifs is 2. The molecule has 0 aliphatic carbocycles. The molecule has 0 amide bonds. The van der Waals surface area contributed by atoms with Crippen molar-refractivity contribution in [2.24, 2.45) is 0 Å². The van der Waals surface area contributed by atoms with Crippen molar-refractivity contribution in [3.8, 4) is 0 Å². The van der Waals surface area contributed by atoms with Gasteiger partial charge in [-0.1, -0.05) is 0 Å². The van der Waals surface area contributed by atoms with Crippen molar-refractivity contribution in [1.29, 1.82) is 0 Å². The molecule has 0 aliphatic rings. The van der Waals surface area contributed by atoms with Gasteiger partial charge in [-0.3, -0.25) is 0 Å². The summed E-state index contributed by atoms with van der Waals surface area (Å²) < 4.78 is 201. The van der Waals surface area contributed by atoms with E-state index >= 15 is 0 Å². The fourth-order valence-corrected chi connectivity index (χ4v) is 3.42. The summed E-state index contributed by atoms with van der Waals surface area (Å²) in [6.07, 6.45) is -28.7. The lowest BCUT2D eigenvalue weighted by molar-refractivity contribution is -0.143. The third-order valence-corrected chi connectivity index (χ3v) is 4.74. The van der Waals surface area contributed by atoms with Crippen molar-refractivity contribution in [1.82, 2.24) is 0 Å². The van der Waals surface area contributed by atoms with Crippen LogP contribution in [-0.4, -0.2) is 0 Å². The molecule has 3 aromatic rings. The molecule has 0 N–H and O–H groups in total. The van der Waals surface area contributed by atoms with Gasteiger partial charge < -0.3 is 0 Å². The van der Waals surface area contributed by atoms with Crippen molar-refractivity contribution in [2.45, 2.75) is 30.9 Å². The molecule has 3 rings (SSSR count). The molecule has 0 saturated carbocycles. The van der Waals surface area contributed by atoms with Crippen molar-refractivity contribution in [3.63, 3.8) is 0 Å². The second-order valence-corrected chi connectivity index (χ2v) is 6.98. The summed E-state index contributed by atoms with van der Waals surface area (Å²) in [5.41, 5.74) is -11.7. The highest BCUT2D eigenvalue weighted by molar-refractivity contribution is 6.06. The second kappa shape index (κ2) is 7.31. The monoisotopic (exact) mass is 518 g/mol. The molecule has 0 aromatic heterocycles. The SMILES string of the molecule is FC(F)(F)c1cc(C(F)(F)F)c2cc3c(C(F)(F)F)cc(C(F)(F)F)cc3c(C(F)(F)F)c2c1. The number of alkyl halides is 15. The zero-order valence-electron chi connectivity index (χ0n) is 15.6. The van der Waals surface area contributed by atoms with E-state index in [4.69, 9.17) is 0 Å². The van der Waals surface area contributed by atoms with Crippen LogP contribution in [0.1, 0.15) is 27.8 Å². The van der Waals surface area contributed by atoms with Crippen molar-refractivity contribution in [2.75, 3.05) is 0 Å². The third-order valence-electron chi connectivity index (χ3n) is 4.74. The van der Waals surface area contributed by atoms with Crippen molar-refractivity contribution in [3.05, 3.63) is 58.1 Å². The molecule has 0 saturated heterocycles. The smallest absolute Gasteiger partial charge is 0.166 e. The van der Waals surface area contributed by atoms with Crippen molar-refractivity contribution < 1.29 is 65.9 Å². The Morgan fingerprint density at radius 3 is 0.882 bits per heavy atom. The molecule has 0 unspecified atom stereocenters. The van der Waals surface area contributed by atoms with E-state index in [0.29, 0.717) is 0 Å². The maximum absolute atomic E-state index is 13.8. The van der Waals surface area contributed by atoms with E-state index in [1.54, 1.807) is 0 Å². The first-order valence-electron chi connectivity index (χ1n) is 8.47. The van der Waals surface area contributed by atoms with E-state index in [1.807, 2.05) is 0 Å². The van der Waals surface area contributed by atoms with Crippen LogP contribution in [0.25, 0.3) is 21.5 Å². The van der Waals surface area contributed by atoms with Gasteiger partial charge in [-0.2, -0.15) is 65.9 Å². The Balaban J connectivity index is 2.76. The van der Waals surface area contributed by atoms with Gasteiger partial charge in [0.25, 0.3) is 0 Å². The summed E-state index contributed by atoms with van der Waals surface area (Å²) in [7, 11) is 0. The molecule has 186 valence electrons. The molecule has 0 nitrogen and oxygen atoms in total. The van der Waals surface area contributed by atoms with E-state index < -0.39 is 105 Å². The van der Waals surface area contributed by atoms with E-state index in [9.17, 15) is 65.9 Å². The first kappa shape index (κ1) is 25.7. The molecule has 3 aromatic carbocycles. The average molecular weight is 518 g/mol. The minimum absolute atomic E-state index is 0.147. The fraction of sp³-hybridized carbons (Fsp3) is 0.263. The third kappa shape index (κ3) is 4.56. The molecule has 0 atom stereocenters. The Bertz CT molecular complexity index is 1170. The lowest BCUT2D eigenvalue weighted by Gasteiger charge is -2.22. The number of rotatable bonds is 0. The van der Waals surface area contributed by atoms with Gasteiger partial charge in [-0.05, 0) is 51.9 Å². The largest absolute Gasteiger partial charge is 0.417 e. The fourth-order valence-electron chi connectivity index (χ4n) is 3.42. The lowest BCUT2D eigenvalue weighted by Crippen LogP contribution is -2.16. The molecule has 34 heavy (non-hydrogen) atoms. The van der Waals surface area contributed by atoms with Gasteiger partial charge in [0.05, 0.1) is 27.8 Å². The van der Waals surface area contributed by atoms with Crippen LogP contribution >= 0.6 is 0 Å². The van der Waals surface area contributed by atoms with Crippen LogP contribution in [0.3, 0.4) is 0 Å². The van der Waals surface area contributed by atoms with E-state index in [0.717, 1.165) is 0 Å². The van der Waals surface area contributed by atoms with Gasteiger partial charge in [-0.15, -0.1) is 0 Å². The van der Waals surface area contributed by atoms with Gasteiger partial charge in [0.15, 0.2) is 0 Å². The highest BCUT2D eigenvalue weighted by Gasteiger charge is 2.44. The Kier molecular flexibility index (Phi) is 5.54. The average Bonchev–Trinajstić information content (AvgIpc) is 2.59. The molecule has 0 heterocycles. The highest BCUT2D eigenvalue weighted by Crippen LogP contribution is 2.49. The molecule has 0 radical (unpaired) electrons. The Morgan fingerprint density at radius 1 is 0.324 bits per heavy atom. The summed E-state index contributed by atoms with van der Waals surface area (Å²) in [6, 6.07) is -2.14. The molecule has 15 heteroatoms. The zero-order valence-corrected chi connectivity index (χ0v) is 15.6. The predicted octanol–water partition coefficient (Wildman–Crippen LogP) is 9.09. The van der Waals surface area contributed by atoms with Crippen LogP contribution in [0.15, 0.2) is 30.3 Å². The number of benzene rings is 3. The summed E-state index contributed by atoms with van der Waals surface area (Å²) in [5, 5.41) is -7.14. The first-order valence-corrected chi connectivity index (χ1v) is 8.47. The number of halogens is 15. The van der Waals surface area contributed by atoms with Gasteiger partial charge in [0.1, 0.15) is 0 Å². The highest BCUT2D eigenvalue weighted by atomic mass is 19.4. The predicted molar refractivity (Wildman–Crippen MR) is 86.5 cm³/mol. The molecule has 0 bridgehead atoms. The summed E-state index contributed by atoms with van der Waals surface area (Å²) in [6.45, 7) is 0. The maximum Gasteiger partial charge on any atom is 0.417 e. The van der Waals surface area contributed by atoms with Crippen LogP contribution in [0, 0.1) is 0 Å². The summed E-state index contributed by atoms with van der Waals surface area (Å²) >= 11 is 0. The topological polar surface area (TPSA) is 0 Å². The molecular weight excluding hydrogens is 513 g/mol. The van der Waals surface area contributed by atoms with Crippen LogP contribution in [0.4, 0.5) is 65.9 Å². The van der Waals surface area contributed by atoms with Crippen molar-refractivity contribution >= 4 is 21.5 Å². The van der Waals surface area contributed by atoms with Crippen LogP contribution < -0.4 is 0 Å². The standard InChI is InChI=1S/C19H5F15/c20-15(21,22)6-1-10-8(12(3-6)17(26,27)28)5-9-11(14(10)19(32,33)34)2-7(16(23,24)25)4-13(9)18(29,30)31/h1-5H. The number of hydrogen-bond acceptors (Lipinski definition) is 0. The maximum atomic E-state index is 13.8. The minimum atomic E-state index is -5.95. The summed E-state index contributed by atoms with van der Waals surface area (Å²) in [4.78, 5) is 0. The van der Waals surface area contributed by atoms with Crippen LogP contribution in [0.2, 0.25) is 0 Å². The lowest BCUT2D eigenvalue weighted by atomic mass is 9.88. The second-order valence-electron chi connectivity index (χ2n) is 6.98. The molecule has 0 fully saturated rings. The Hall–Kier alpha value is -2.87. The van der Waals surface area contributed by atoms with Crippen LogP contribution in [0.5, 0.6) is 0 Å². The van der Waals surface area contributed by atoms with Gasteiger partial charge in [0.2, 0.25) is 0 Å². The van der Waals surface area contributed by atoms with E-state index in [2.05, 4.69) is 0 Å². The first-order chi connectivity index (χ1) is 15.0. The molecule has 0 spiro atoms. The zero-order chi connectivity index (χ0) is 26.2. The summed E-state index contributed by atoms with van der Waals surface area (Å²) in [5.74, 6) is 0. The normalized spacial score (nSPS) is 14.3. The Labute approximate surface area is 177 Å². The van der Waals surface area contributed by atoms with Crippen LogP contribution in [-0.2, 0) is 30.9 Å². The minimum Gasteiger partial charge on any atom is -0.166 e. The van der Waals surface area contributed by atoms with E-state index in [1.165, 1.54) is 0 Å².